The normalized spacial score (nSPS) is 13.4. The molecule has 0 saturated carbocycles. The molecule has 0 radical (unpaired) electrons. The third-order valence-corrected chi connectivity index (χ3v) is 15.0. The molecule has 0 amide bonds. The smallest absolute Gasteiger partial charge is 0.256 e. The van der Waals surface area contributed by atoms with Gasteiger partial charge in [-0.2, -0.15) is 0 Å². The van der Waals surface area contributed by atoms with Crippen LogP contribution in [0.5, 0.6) is 0 Å². The van der Waals surface area contributed by atoms with Gasteiger partial charge in [0.25, 0.3) is 13.4 Å². The van der Waals surface area contributed by atoms with Crippen molar-refractivity contribution in [3.63, 3.8) is 0 Å². The predicted octanol–water partition coefficient (Wildman–Crippen LogP) is 11.4. The number of hydrogen-bond acceptors (Lipinski definition) is 7. The van der Waals surface area contributed by atoms with Crippen LogP contribution in [0.4, 0.5) is 68.5 Å². The zero-order valence-electron chi connectivity index (χ0n) is 39.0. The Morgan fingerprint density at radius 1 is 0.278 bits per heavy atom. The topological polar surface area (TPSA) is 51.6 Å². The summed E-state index contributed by atoms with van der Waals surface area (Å²) < 4.78 is 0. The number of aromatic nitrogens is 3. The van der Waals surface area contributed by atoms with Crippen LogP contribution in [-0.4, -0.2) is 28.4 Å². The number of rotatable bonds is 6. The Morgan fingerprint density at radius 3 is 1.28 bits per heavy atom. The van der Waals surface area contributed by atoms with Crippen molar-refractivity contribution in [1.29, 1.82) is 0 Å². The lowest BCUT2D eigenvalue weighted by atomic mass is 9.30. The second kappa shape index (κ2) is 16.1. The molecule has 3 aromatic heterocycles. The van der Waals surface area contributed by atoms with Crippen molar-refractivity contribution in [2.75, 3.05) is 19.6 Å². The maximum atomic E-state index is 5.41. The summed E-state index contributed by atoms with van der Waals surface area (Å²) in [6, 6.07) is 81.1. The van der Waals surface area contributed by atoms with E-state index in [1.54, 1.807) is 0 Å². The van der Waals surface area contributed by atoms with Crippen molar-refractivity contribution in [2.45, 2.75) is 0 Å². The molecular formula is C63H41B2N7. The quantitative estimate of drug-likeness (QED) is 0.154. The average molecular weight is 918 g/mol. The van der Waals surface area contributed by atoms with Crippen LogP contribution in [0.25, 0.3) is 22.3 Å². The van der Waals surface area contributed by atoms with Gasteiger partial charge >= 0.3 is 0 Å². The molecule has 4 aliphatic rings. The maximum Gasteiger partial charge on any atom is 0.256 e. The van der Waals surface area contributed by atoms with Gasteiger partial charge in [-0.15, -0.1) is 0 Å². The highest BCUT2D eigenvalue weighted by molar-refractivity contribution is 7.03. The first-order valence-electron chi connectivity index (χ1n) is 24.6. The zero-order valence-corrected chi connectivity index (χ0v) is 39.0. The van der Waals surface area contributed by atoms with Gasteiger partial charge in [0.1, 0.15) is 11.6 Å². The number of para-hydroxylation sites is 4. The summed E-state index contributed by atoms with van der Waals surface area (Å²) in [5.41, 5.74) is 22.6. The van der Waals surface area contributed by atoms with E-state index in [0.717, 1.165) is 90.6 Å². The standard InChI is InChI=1S/C63H41B2N7/c1-6-18-42(19-7-1)44-36-45(43-20-8-2-9-21-43)38-49(37-44)70-54-29-17-16-28-50(54)64-52-39-51-58(40-59(52)72(48-26-14-5-15-27-48)63-60(64)57(70)32-35-68-63)69(46-22-10-3-11-23-46)56-31-34-67-62-61(56)65(51)53-41-66-33-30-55(53)71(62)47-24-12-4-13-25-47/h1-41H. The van der Waals surface area contributed by atoms with E-state index in [1.807, 2.05) is 18.6 Å². The highest BCUT2D eigenvalue weighted by atomic mass is 15.2. The summed E-state index contributed by atoms with van der Waals surface area (Å²) in [5, 5.41) is 0. The minimum atomic E-state index is -0.167. The van der Waals surface area contributed by atoms with Gasteiger partial charge in [-0.25, -0.2) is 9.97 Å². The summed E-state index contributed by atoms with van der Waals surface area (Å²) in [4.78, 5) is 25.2. The summed E-state index contributed by atoms with van der Waals surface area (Å²) in [5.74, 6) is 1.83. The van der Waals surface area contributed by atoms with Crippen molar-refractivity contribution >= 4 is 115 Å². The van der Waals surface area contributed by atoms with E-state index in [4.69, 9.17) is 15.0 Å². The molecule has 0 saturated heterocycles. The lowest BCUT2D eigenvalue weighted by molar-refractivity contribution is 1.16. The van der Waals surface area contributed by atoms with Crippen LogP contribution in [0.15, 0.2) is 249 Å². The number of benzene rings is 8. The highest BCUT2D eigenvalue weighted by Crippen LogP contribution is 2.48. The number of fused-ring (bicyclic) bond motifs is 8. The average Bonchev–Trinajstić information content (AvgIpc) is 3.45. The first-order chi connectivity index (χ1) is 35.8. The molecule has 9 heteroatoms. The molecule has 0 aliphatic carbocycles. The largest absolute Gasteiger partial charge is 0.311 e. The fraction of sp³-hybridized carbons (Fsp3) is 0. The van der Waals surface area contributed by atoms with Gasteiger partial charge in [0.05, 0.1) is 0 Å². The van der Waals surface area contributed by atoms with E-state index in [-0.39, 0.29) is 13.4 Å². The van der Waals surface area contributed by atoms with Crippen LogP contribution in [0, 0.1) is 0 Å². The zero-order chi connectivity index (χ0) is 47.3. The molecule has 7 heterocycles. The van der Waals surface area contributed by atoms with E-state index in [0.29, 0.717) is 0 Å². The highest BCUT2D eigenvalue weighted by Gasteiger charge is 2.49. The second-order valence-electron chi connectivity index (χ2n) is 18.8. The van der Waals surface area contributed by atoms with E-state index in [1.165, 1.54) is 33.0 Å². The Bertz CT molecular complexity index is 3860. The van der Waals surface area contributed by atoms with Crippen molar-refractivity contribution in [1.82, 2.24) is 15.0 Å². The van der Waals surface area contributed by atoms with Gasteiger partial charge in [0.15, 0.2) is 0 Å². The van der Waals surface area contributed by atoms with E-state index >= 15 is 0 Å². The maximum absolute atomic E-state index is 5.41. The minimum absolute atomic E-state index is 0.153. The molecule has 15 rings (SSSR count). The van der Waals surface area contributed by atoms with Crippen LogP contribution >= 0.6 is 0 Å². The summed E-state index contributed by atoms with van der Waals surface area (Å²) in [7, 11) is 0. The number of hydrogen-bond donors (Lipinski definition) is 0. The monoisotopic (exact) mass is 917 g/mol. The molecule has 0 bridgehead atoms. The Hall–Kier alpha value is -9.46. The van der Waals surface area contributed by atoms with Crippen LogP contribution in [0.1, 0.15) is 0 Å². The predicted molar refractivity (Wildman–Crippen MR) is 299 cm³/mol. The van der Waals surface area contributed by atoms with Crippen molar-refractivity contribution in [3.8, 4) is 22.3 Å². The molecule has 0 atom stereocenters. The summed E-state index contributed by atoms with van der Waals surface area (Å²) >= 11 is 0. The third-order valence-electron chi connectivity index (χ3n) is 15.0. The Morgan fingerprint density at radius 2 is 0.708 bits per heavy atom. The van der Waals surface area contributed by atoms with Gasteiger partial charge in [-0.05, 0) is 140 Å². The van der Waals surface area contributed by atoms with Crippen LogP contribution in [0.3, 0.4) is 0 Å². The number of pyridine rings is 3. The molecule has 0 unspecified atom stereocenters. The van der Waals surface area contributed by atoms with Gasteiger partial charge < -0.3 is 9.80 Å². The fourth-order valence-corrected chi connectivity index (χ4v) is 12.0. The lowest BCUT2D eigenvalue weighted by Gasteiger charge is -2.46. The SMILES string of the molecule is c1ccc(-c2cc(-c3ccccc3)cc(N3c4ccccc4B4c5cc6c(cc5N(c5ccccc5)c5nccc3c54)N(c3ccccc3)c3ccnc4c3B6c3cnccc3N4c3ccccc3)c2)cc1. The molecule has 0 spiro atoms. The van der Waals surface area contributed by atoms with Gasteiger partial charge in [0.2, 0.25) is 0 Å². The fourth-order valence-electron chi connectivity index (χ4n) is 12.0. The number of anilines is 12. The first kappa shape index (κ1) is 40.4. The molecule has 0 N–H and O–H groups in total. The number of nitrogens with zero attached hydrogens (tertiary/aromatic N) is 7. The summed E-state index contributed by atoms with van der Waals surface area (Å²) in [6.45, 7) is -0.319. The second-order valence-corrected chi connectivity index (χ2v) is 18.8. The molecule has 11 aromatic rings. The Kier molecular flexibility index (Phi) is 9.01. The van der Waals surface area contributed by atoms with E-state index in [2.05, 4.69) is 250 Å². The van der Waals surface area contributed by atoms with Crippen LogP contribution in [0.2, 0.25) is 0 Å². The molecule has 334 valence electrons. The molecule has 8 aromatic carbocycles. The van der Waals surface area contributed by atoms with Crippen molar-refractivity contribution in [3.05, 3.63) is 249 Å². The first-order valence-corrected chi connectivity index (χ1v) is 24.6. The van der Waals surface area contributed by atoms with Crippen LogP contribution in [-0.2, 0) is 0 Å². The lowest BCUT2D eigenvalue weighted by Crippen LogP contribution is -2.65. The Labute approximate surface area is 418 Å². The molecule has 0 fully saturated rings. The molecule has 7 nitrogen and oxygen atoms in total. The summed E-state index contributed by atoms with van der Waals surface area (Å²) in [6.07, 6.45) is 7.94. The molecule has 4 aliphatic heterocycles. The van der Waals surface area contributed by atoms with E-state index < -0.39 is 0 Å². The van der Waals surface area contributed by atoms with Gasteiger partial charge in [-0.3, -0.25) is 14.8 Å². The van der Waals surface area contributed by atoms with E-state index in [9.17, 15) is 0 Å². The van der Waals surface area contributed by atoms with Crippen molar-refractivity contribution in [2.24, 2.45) is 0 Å². The molecular weight excluding hydrogens is 876 g/mol. The Balaban J connectivity index is 1.01. The van der Waals surface area contributed by atoms with Gasteiger partial charge in [-0.1, -0.05) is 140 Å². The minimum Gasteiger partial charge on any atom is -0.311 e. The van der Waals surface area contributed by atoms with Crippen molar-refractivity contribution < 1.29 is 0 Å². The third kappa shape index (κ3) is 6.04. The van der Waals surface area contributed by atoms with Crippen LogP contribution < -0.4 is 52.4 Å². The van der Waals surface area contributed by atoms with Gasteiger partial charge in [0, 0.05) is 81.7 Å². The molecule has 72 heavy (non-hydrogen) atoms.